The van der Waals surface area contributed by atoms with Gasteiger partial charge in [0.2, 0.25) is 0 Å². The van der Waals surface area contributed by atoms with Gasteiger partial charge in [0.25, 0.3) is 0 Å². The number of hydrogen-bond acceptors (Lipinski definition) is 2. The molecule has 0 amide bonds. The predicted octanol–water partition coefficient (Wildman–Crippen LogP) is 3.10. The lowest BCUT2D eigenvalue weighted by atomic mass is 10.1. The zero-order chi connectivity index (χ0) is 17.9. The van der Waals surface area contributed by atoms with E-state index in [1.54, 1.807) is 19.2 Å². The Morgan fingerprint density at radius 1 is 1.04 bits per heavy atom. The Morgan fingerprint density at radius 2 is 1.69 bits per heavy atom. The van der Waals surface area contributed by atoms with E-state index in [2.05, 4.69) is 15.6 Å². The van der Waals surface area contributed by atoms with Gasteiger partial charge in [-0.3, -0.25) is 9.20 Å². The first-order chi connectivity index (χ1) is 12.2. The first-order valence-corrected chi connectivity index (χ1v) is 9.74. The fourth-order valence-corrected chi connectivity index (χ4v) is 3.39. The van der Waals surface area contributed by atoms with Crippen LogP contribution in [-0.4, -0.2) is 36.1 Å². The lowest BCUT2D eigenvalue weighted by Crippen LogP contribution is -2.40. The largest absolute Gasteiger partial charge is 0.356 e. The summed E-state index contributed by atoms with van der Waals surface area (Å²) in [7, 11) is 0.757. The van der Waals surface area contributed by atoms with Gasteiger partial charge in [0.15, 0.2) is 5.96 Å². The molecule has 2 N–H and O–H groups in total. The van der Waals surface area contributed by atoms with E-state index >= 15 is 0 Å². The number of aliphatic imine (C=N–C) groups is 1. The Bertz CT molecular complexity index is 713. The summed E-state index contributed by atoms with van der Waals surface area (Å²) in [6.07, 6.45) is 0.577. The van der Waals surface area contributed by atoms with Crippen LogP contribution in [0.5, 0.6) is 0 Å². The van der Waals surface area contributed by atoms with Gasteiger partial charge in [0.1, 0.15) is 5.82 Å². The molecule has 26 heavy (non-hydrogen) atoms. The summed E-state index contributed by atoms with van der Waals surface area (Å²) in [5.74, 6) is 1.54. The van der Waals surface area contributed by atoms with Crippen molar-refractivity contribution in [2.24, 2.45) is 4.99 Å². The summed E-state index contributed by atoms with van der Waals surface area (Å²) in [6, 6.07) is 16.6. The summed E-state index contributed by atoms with van der Waals surface area (Å²) in [6.45, 7) is 1.15. The zero-order valence-electron chi connectivity index (χ0n) is 14.8. The maximum atomic E-state index is 13.6. The molecule has 0 heterocycles. The Kier molecular flexibility index (Phi) is 11.1. The first-order valence-electron chi connectivity index (χ1n) is 8.26. The fraction of sp³-hybridized carbons (Fsp3) is 0.316. The molecule has 2 rings (SSSR count). The number of guanidine groups is 1. The second kappa shape index (κ2) is 12.8. The minimum absolute atomic E-state index is 0. The molecule has 0 aliphatic rings. The second-order valence-electron chi connectivity index (χ2n) is 5.54. The molecule has 0 aromatic heterocycles. The predicted molar refractivity (Wildman–Crippen MR) is 118 cm³/mol. The number of hydrogen-bond donors (Lipinski definition) is 2. The van der Waals surface area contributed by atoms with Gasteiger partial charge in [0.05, 0.1) is 0 Å². The van der Waals surface area contributed by atoms with E-state index < -0.39 is 10.8 Å². The average molecular weight is 489 g/mol. The molecule has 0 bridgehead atoms. The van der Waals surface area contributed by atoms with E-state index in [9.17, 15) is 8.60 Å². The molecular formula is C19H25FIN3OS. The molecule has 0 radical (unpaired) electrons. The average Bonchev–Trinajstić information content (AvgIpc) is 2.62. The highest BCUT2D eigenvalue weighted by Gasteiger charge is 2.04. The van der Waals surface area contributed by atoms with Crippen molar-refractivity contribution in [1.82, 2.24) is 10.6 Å². The van der Waals surface area contributed by atoms with Crippen LogP contribution >= 0.6 is 24.0 Å². The molecule has 2 aromatic rings. The van der Waals surface area contributed by atoms with Gasteiger partial charge in [-0.05, 0) is 23.6 Å². The lowest BCUT2D eigenvalue weighted by Gasteiger charge is -2.12. The van der Waals surface area contributed by atoms with Crippen molar-refractivity contribution in [3.05, 3.63) is 71.5 Å². The van der Waals surface area contributed by atoms with Crippen LogP contribution in [0.15, 0.2) is 59.6 Å². The van der Waals surface area contributed by atoms with Crippen LogP contribution in [0.3, 0.4) is 0 Å². The highest BCUT2D eigenvalue weighted by atomic mass is 127. The lowest BCUT2D eigenvalue weighted by molar-refractivity contribution is 0.607. The van der Waals surface area contributed by atoms with Gasteiger partial charge < -0.3 is 10.6 Å². The summed E-state index contributed by atoms with van der Waals surface area (Å²) in [5, 5.41) is 6.28. The van der Waals surface area contributed by atoms with Gasteiger partial charge in [0, 0.05) is 42.4 Å². The topological polar surface area (TPSA) is 53.5 Å². The van der Waals surface area contributed by atoms with Crippen molar-refractivity contribution < 1.29 is 8.60 Å². The Balaban J connectivity index is 0.00000338. The maximum Gasteiger partial charge on any atom is 0.191 e. The summed E-state index contributed by atoms with van der Waals surface area (Å²) >= 11 is 0. The van der Waals surface area contributed by atoms with Crippen molar-refractivity contribution in [2.45, 2.75) is 12.2 Å². The van der Waals surface area contributed by atoms with Crippen LogP contribution in [-0.2, 0) is 23.0 Å². The molecule has 0 saturated carbocycles. The number of benzene rings is 2. The highest BCUT2D eigenvalue weighted by molar-refractivity contribution is 14.0. The molecule has 0 saturated heterocycles. The van der Waals surface area contributed by atoms with Crippen LogP contribution in [0.4, 0.5) is 4.39 Å². The highest BCUT2D eigenvalue weighted by Crippen LogP contribution is 2.06. The Morgan fingerprint density at radius 3 is 2.38 bits per heavy atom. The monoisotopic (exact) mass is 489 g/mol. The van der Waals surface area contributed by atoms with Gasteiger partial charge in [-0.1, -0.05) is 48.5 Å². The Hall–Kier alpha value is -1.48. The third kappa shape index (κ3) is 8.27. The van der Waals surface area contributed by atoms with Crippen molar-refractivity contribution in [1.29, 1.82) is 0 Å². The Labute approximate surface area is 174 Å². The van der Waals surface area contributed by atoms with Crippen molar-refractivity contribution in [3.63, 3.8) is 0 Å². The van der Waals surface area contributed by atoms with E-state index in [0.29, 0.717) is 42.5 Å². The standard InChI is InChI=1S/C19H24FN3OS.HI/c1-21-19(22-12-11-17-9-5-6-10-18(17)20)23-13-14-25(24)15-16-7-3-2-4-8-16;/h2-10H,11-15H2,1H3,(H2,21,22,23);1H. The minimum Gasteiger partial charge on any atom is -0.356 e. The smallest absolute Gasteiger partial charge is 0.191 e. The van der Waals surface area contributed by atoms with Crippen molar-refractivity contribution in [2.75, 3.05) is 25.9 Å². The maximum absolute atomic E-state index is 13.6. The van der Waals surface area contributed by atoms with Gasteiger partial charge in [-0.2, -0.15) is 0 Å². The molecule has 7 heteroatoms. The molecule has 142 valence electrons. The molecule has 0 aliphatic heterocycles. The SMILES string of the molecule is CN=C(NCCc1ccccc1F)NCCS(=O)Cc1ccccc1.I. The van der Waals surface area contributed by atoms with Crippen molar-refractivity contribution in [3.8, 4) is 0 Å². The molecule has 0 fully saturated rings. The van der Waals surface area contributed by atoms with Gasteiger partial charge in [-0.25, -0.2) is 4.39 Å². The molecule has 1 unspecified atom stereocenters. The molecular weight excluding hydrogens is 464 g/mol. The normalized spacial score (nSPS) is 12.2. The van der Waals surface area contributed by atoms with Crippen molar-refractivity contribution >= 4 is 40.7 Å². The van der Waals surface area contributed by atoms with Crippen LogP contribution < -0.4 is 10.6 Å². The molecule has 2 aromatic carbocycles. The van der Waals surface area contributed by atoms with Gasteiger partial charge in [-0.15, -0.1) is 24.0 Å². The number of nitrogens with zero attached hydrogens (tertiary/aromatic N) is 1. The third-order valence-corrected chi connectivity index (χ3v) is 4.98. The van der Waals surface area contributed by atoms with E-state index in [0.717, 1.165) is 5.56 Å². The number of halogens is 2. The first kappa shape index (κ1) is 22.6. The second-order valence-corrected chi connectivity index (χ2v) is 7.12. The molecule has 0 spiro atoms. The van der Waals surface area contributed by atoms with Crippen LogP contribution in [0.2, 0.25) is 0 Å². The summed E-state index contributed by atoms with van der Waals surface area (Å²) in [4.78, 5) is 4.12. The van der Waals surface area contributed by atoms with E-state index in [1.807, 2.05) is 36.4 Å². The minimum atomic E-state index is -0.923. The molecule has 4 nitrogen and oxygen atoms in total. The van der Waals surface area contributed by atoms with Crippen LogP contribution in [0.25, 0.3) is 0 Å². The van der Waals surface area contributed by atoms with Crippen LogP contribution in [0.1, 0.15) is 11.1 Å². The van der Waals surface area contributed by atoms with E-state index in [1.165, 1.54) is 6.07 Å². The molecule has 1 atom stereocenters. The van der Waals surface area contributed by atoms with E-state index in [4.69, 9.17) is 0 Å². The number of rotatable bonds is 8. The number of nitrogens with one attached hydrogen (secondary N) is 2. The molecule has 0 aliphatic carbocycles. The summed E-state index contributed by atoms with van der Waals surface area (Å²) in [5.41, 5.74) is 1.75. The third-order valence-electron chi connectivity index (χ3n) is 3.66. The van der Waals surface area contributed by atoms with Gasteiger partial charge >= 0.3 is 0 Å². The van der Waals surface area contributed by atoms with Crippen LogP contribution in [0, 0.1) is 5.82 Å². The summed E-state index contributed by atoms with van der Waals surface area (Å²) < 4.78 is 25.6. The fourth-order valence-electron chi connectivity index (χ4n) is 2.35. The van der Waals surface area contributed by atoms with E-state index in [-0.39, 0.29) is 29.8 Å². The zero-order valence-corrected chi connectivity index (χ0v) is 17.9. The quantitative estimate of drug-likeness (QED) is 0.341.